The van der Waals surface area contributed by atoms with E-state index in [2.05, 4.69) is 25.8 Å². The third kappa shape index (κ3) is 4.37. The van der Waals surface area contributed by atoms with Crippen LogP contribution in [0.3, 0.4) is 0 Å². The molecule has 31 heavy (non-hydrogen) atoms. The smallest absolute Gasteiger partial charge is 0.260 e. The SMILES string of the molecule is CCCOc1ccccc1C=NNC(=O)Cn1c(-c2nonc2N)nc2ccccc21. The number of nitrogens with zero attached hydrogens (tertiary/aromatic N) is 5. The predicted molar refractivity (Wildman–Crippen MR) is 115 cm³/mol. The Morgan fingerprint density at radius 3 is 2.84 bits per heavy atom. The highest BCUT2D eigenvalue weighted by atomic mass is 16.6. The van der Waals surface area contributed by atoms with Gasteiger partial charge in [0.25, 0.3) is 5.91 Å². The van der Waals surface area contributed by atoms with E-state index in [0.717, 1.165) is 17.5 Å². The molecule has 2 aromatic heterocycles. The number of anilines is 1. The number of carbonyl (C=O) groups is 1. The topological polar surface area (TPSA) is 133 Å². The van der Waals surface area contributed by atoms with Crippen LogP contribution in [0.2, 0.25) is 0 Å². The van der Waals surface area contributed by atoms with Gasteiger partial charge < -0.3 is 15.0 Å². The molecule has 4 aromatic rings. The van der Waals surface area contributed by atoms with E-state index in [4.69, 9.17) is 15.1 Å². The van der Waals surface area contributed by atoms with Crippen LogP contribution >= 0.6 is 0 Å². The van der Waals surface area contributed by atoms with E-state index in [9.17, 15) is 4.79 Å². The Morgan fingerprint density at radius 1 is 1.23 bits per heavy atom. The molecule has 3 N–H and O–H groups in total. The van der Waals surface area contributed by atoms with Gasteiger partial charge in [-0.25, -0.2) is 15.0 Å². The van der Waals surface area contributed by atoms with Crippen molar-refractivity contribution in [1.29, 1.82) is 0 Å². The molecule has 0 spiro atoms. The Labute approximate surface area is 177 Å². The highest BCUT2D eigenvalue weighted by Crippen LogP contribution is 2.26. The number of carbonyl (C=O) groups excluding carboxylic acids is 1. The molecule has 0 radical (unpaired) electrons. The van der Waals surface area contributed by atoms with Gasteiger partial charge in [-0.1, -0.05) is 31.2 Å². The number of nitrogen functional groups attached to an aromatic ring is 1. The van der Waals surface area contributed by atoms with Gasteiger partial charge in [0.1, 0.15) is 12.3 Å². The van der Waals surface area contributed by atoms with Crippen LogP contribution in [-0.4, -0.2) is 38.6 Å². The number of ether oxygens (including phenoxy) is 1. The molecule has 2 heterocycles. The van der Waals surface area contributed by atoms with Crippen molar-refractivity contribution in [3.8, 4) is 17.3 Å². The van der Waals surface area contributed by atoms with Crippen LogP contribution in [0, 0.1) is 0 Å². The summed E-state index contributed by atoms with van der Waals surface area (Å²) in [6.45, 7) is 2.59. The van der Waals surface area contributed by atoms with Crippen molar-refractivity contribution in [2.24, 2.45) is 5.10 Å². The number of nitrogens with two attached hydrogens (primary N) is 1. The highest BCUT2D eigenvalue weighted by Gasteiger charge is 2.20. The normalized spacial score (nSPS) is 11.3. The number of fused-ring (bicyclic) bond motifs is 1. The molecule has 10 nitrogen and oxygen atoms in total. The summed E-state index contributed by atoms with van der Waals surface area (Å²) in [4.78, 5) is 17.1. The Morgan fingerprint density at radius 2 is 2.03 bits per heavy atom. The molecule has 158 valence electrons. The summed E-state index contributed by atoms with van der Waals surface area (Å²) < 4.78 is 12.1. The van der Waals surface area contributed by atoms with E-state index in [1.807, 2.05) is 55.5 Å². The van der Waals surface area contributed by atoms with Crippen molar-refractivity contribution in [2.45, 2.75) is 19.9 Å². The predicted octanol–water partition coefficient (Wildman–Crippen LogP) is 2.61. The van der Waals surface area contributed by atoms with E-state index in [1.165, 1.54) is 0 Å². The Hall–Kier alpha value is -4.21. The lowest BCUT2D eigenvalue weighted by molar-refractivity contribution is -0.121. The van der Waals surface area contributed by atoms with Gasteiger partial charge in [-0.15, -0.1) is 0 Å². The van der Waals surface area contributed by atoms with Gasteiger partial charge in [0, 0.05) is 5.56 Å². The Kier molecular flexibility index (Phi) is 5.88. The zero-order chi connectivity index (χ0) is 21.6. The standard InChI is InChI=1S/C21H21N7O3/c1-2-11-30-17-10-6-3-7-14(17)12-23-25-18(29)13-28-16-9-5-4-8-15(16)24-21(28)19-20(22)27-31-26-19/h3-10,12H,2,11,13H2,1H3,(H2,22,27)(H,25,29). The molecule has 0 saturated heterocycles. The fourth-order valence-corrected chi connectivity index (χ4v) is 3.05. The molecule has 1 amide bonds. The van der Waals surface area contributed by atoms with Crippen LogP contribution in [-0.2, 0) is 11.3 Å². The number of imidazole rings is 1. The largest absolute Gasteiger partial charge is 0.493 e. The minimum atomic E-state index is -0.345. The first kappa shape index (κ1) is 20.1. The summed E-state index contributed by atoms with van der Waals surface area (Å²) in [5, 5.41) is 11.5. The summed E-state index contributed by atoms with van der Waals surface area (Å²) in [7, 11) is 0. The number of rotatable bonds is 8. The van der Waals surface area contributed by atoms with E-state index in [1.54, 1.807) is 10.8 Å². The second-order valence-corrected chi connectivity index (χ2v) is 6.69. The van der Waals surface area contributed by atoms with Crippen molar-refractivity contribution in [2.75, 3.05) is 12.3 Å². The van der Waals surface area contributed by atoms with E-state index < -0.39 is 0 Å². The zero-order valence-electron chi connectivity index (χ0n) is 16.9. The molecule has 4 rings (SSSR count). The lowest BCUT2D eigenvalue weighted by Crippen LogP contribution is -2.23. The van der Waals surface area contributed by atoms with Crippen molar-refractivity contribution in [3.05, 3.63) is 54.1 Å². The number of amides is 1. The molecule has 0 aliphatic rings. The van der Waals surface area contributed by atoms with Crippen LogP contribution in [0.25, 0.3) is 22.6 Å². The number of benzene rings is 2. The van der Waals surface area contributed by atoms with E-state index >= 15 is 0 Å². The van der Waals surface area contributed by atoms with Crippen LogP contribution in [0.4, 0.5) is 5.82 Å². The Bertz CT molecular complexity index is 1230. The van der Waals surface area contributed by atoms with E-state index in [-0.39, 0.29) is 24.0 Å². The van der Waals surface area contributed by atoms with Crippen LogP contribution in [0.15, 0.2) is 58.3 Å². The molecular weight excluding hydrogens is 398 g/mol. The van der Waals surface area contributed by atoms with Crippen molar-refractivity contribution < 1.29 is 14.2 Å². The molecule has 0 fully saturated rings. The fourth-order valence-electron chi connectivity index (χ4n) is 3.05. The van der Waals surface area contributed by atoms with Gasteiger partial charge >= 0.3 is 0 Å². The minimum Gasteiger partial charge on any atom is -0.493 e. The van der Waals surface area contributed by atoms with Gasteiger partial charge in [0.2, 0.25) is 0 Å². The number of aromatic nitrogens is 4. The third-order valence-electron chi connectivity index (χ3n) is 4.46. The molecule has 0 unspecified atom stereocenters. The Balaban J connectivity index is 1.53. The molecule has 2 aromatic carbocycles. The number of nitrogens with one attached hydrogen (secondary N) is 1. The maximum Gasteiger partial charge on any atom is 0.260 e. The van der Waals surface area contributed by atoms with Crippen LogP contribution in [0.5, 0.6) is 5.75 Å². The van der Waals surface area contributed by atoms with E-state index in [0.29, 0.717) is 23.7 Å². The molecular formula is C21H21N7O3. The quantitative estimate of drug-likeness (QED) is 0.331. The zero-order valence-corrected chi connectivity index (χ0v) is 16.9. The lowest BCUT2D eigenvalue weighted by atomic mass is 10.2. The summed E-state index contributed by atoms with van der Waals surface area (Å²) in [6, 6.07) is 14.9. The summed E-state index contributed by atoms with van der Waals surface area (Å²) in [5.41, 5.74) is 10.9. The second kappa shape index (κ2) is 9.08. The number of para-hydroxylation sites is 3. The average molecular weight is 419 g/mol. The van der Waals surface area contributed by atoms with Crippen LogP contribution in [0.1, 0.15) is 18.9 Å². The van der Waals surface area contributed by atoms with Crippen LogP contribution < -0.4 is 15.9 Å². The van der Waals surface area contributed by atoms with Gasteiger partial charge in [-0.3, -0.25) is 4.79 Å². The summed E-state index contributed by atoms with van der Waals surface area (Å²) in [6.07, 6.45) is 2.45. The fraction of sp³-hybridized carbons (Fsp3) is 0.190. The van der Waals surface area contributed by atoms with Gasteiger partial charge in [0.15, 0.2) is 17.3 Å². The molecule has 0 atom stereocenters. The lowest BCUT2D eigenvalue weighted by Gasteiger charge is -2.08. The summed E-state index contributed by atoms with van der Waals surface area (Å²) in [5.74, 6) is 0.845. The van der Waals surface area contributed by atoms with Crippen molar-refractivity contribution >= 4 is 29.0 Å². The van der Waals surface area contributed by atoms with Gasteiger partial charge in [0.05, 0.1) is 23.9 Å². The first-order chi connectivity index (χ1) is 15.2. The van der Waals surface area contributed by atoms with Crippen molar-refractivity contribution in [3.63, 3.8) is 0 Å². The molecule has 0 bridgehead atoms. The van der Waals surface area contributed by atoms with Gasteiger partial charge in [-0.05, 0) is 41.0 Å². The second-order valence-electron chi connectivity index (χ2n) is 6.69. The third-order valence-corrected chi connectivity index (χ3v) is 4.46. The maximum atomic E-state index is 12.6. The maximum absolute atomic E-state index is 12.6. The average Bonchev–Trinajstić information content (AvgIpc) is 3.36. The monoisotopic (exact) mass is 419 g/mol. The van der Waals surface area contributed by atoms with Gasteiger partial charge in [-0.2, -0.15) is 5.10 Å². The highest BCUT2D eigenvalue weighted by molar-refractivity contribution is 5.87. The summed E-state index contributed by atoms with van der Waals surface area (Å²) >= 11 is 0. The molecule has 10 heteroatoms. The number of hydrogen-bond acceptors (Lipinski definition) is 8. The minimum absolute atomic E-state index is 0.0481. The molecule has 0 aliphatic carbocycles. The first-order valence-corrected chi connectivity index (χ1v) is 9.74. The first-order valence-electron chi connectivity index (χ1n) is 9.74. The number of hydrazone groups is 1. The molecule has 0 aliphatic heterocycles. The number of hydrogen-bond donors (Lipinski definition) is 2. The van der Waals surface area contributed by atoms with Crippen molar-refractivity contribution in [1.82, 2.24) is 25.3 Å². The molecule has 0 saturated carbocycles.